The van der Waals surface area contributed by atoms with Gasteiger partial charge in [0.25, 0.3) is 0 Å². The zero-order valence-electron chi connectivity index (χ0n) is 40.3. The van der Waals surface area contributed by atoms with E-state index in [0.717, 1.165) is 88.4 Å². The van der Waals surface area contributed by atoms with E-state index in [-0.39, 0.29) is 5.41 Å². The molecule has 0 saturated carbocycles. The molecule has 0 saturated heterocycles. The molecule has 2 aliphatic carbocycles. The van der Waals surface area contributed by atoms with Crippen molar-refractivity contribution in [3.63, 3.8) is 0 Å². The first-order valence-corrected chi connectivity index (χ1v) is 25.5. The normalized spacial score (nSPS) is 12.9. The van der Waals surface area contributed by atoms with Crippen molar-refractivity contribution in [1.82, 2.24) is 15.0 Å². The molecule has 0 fully saturated rings. The van der Waals surface area contributed by atoms with Gasteiger partial charge in [-0.2, -0.15) is 0 Å². The Kier molecular flexibility index (Phi) is 8.89. The molecular formula is C70H41N3O2. The summed E-state index contributed by atoms with van der Waals surface area (Å²) in [6.45, 7) is 0. The van der Waals surface area contributed by atoms with Crippen molar-refractivity contribution in [2.45, 2.75) is 5.41 Å². The van der Waals surface area contributed by atoms with Crippen molar-refractivity contribution < 1.29 is 8.83 Å². The monoisotopic (exact) mass is 955 g/mol. The third kappa shape index (κ3) is 6.22. The second-order valence-corrected chi connectivity index (χ2v) is 19.8. The predicted molar refractivity (Wildman–Crippen MR) is 303 cm³/mol. The Bertz CT molecular complexity index is 4620. The van der Waals surface area contributed by atoms with E-state index in [4.69, 9.17) is 23.8 Å². The minimum absolute atomic E-state index is 0.371. The molecule has 0 atom stereocenters. The van der Waals surface area contributed by atoms with Crippen LogP contribution in [0.4, 0.5) is 0 Å². The highest BCUT2D eigenvalue weighted by molar-refractivity contribution is 6.13. The number of hydrogen-bond acceptors (Lipinski definition) is 5. The van der Waals surface area contributed by atoms with Crippen LogP contribution in [-0.4, -0.2) is 15.0 Å². The molecule has 75 heavy (non-hydrogen) atoms. The van der Waals surface area contributed by atoms with E-state index in [2.05, 4.69) is 200 Å². The standard InChI is InChI=1S/C70H41N3O2/c1-2-14-42(15-3-1)43-28-30-44(31-29-43)67-71-68(49-34-37-63-56(41-49)53-21-7-11-26-62(53)74-63)73-69(72-67)54-22-13-27-65-66(54)57-40-48(33-36-64(57)75-65)46-17-12-16-45(38-46)47-32-35-61-55(39-47)52-20-6-10-25-60(52)70(61)58-23-8-4-18-50(58)51-19-5-9-24-59(51)70/h1-41H. The molecule has 0 unspecified atom stereocenters. The highest BCUT2D eigenvalue weighted by Crippen LogP contribution is 2.63. The van der Waals surface area contributed by atoms with E-state index in [1.165, 1.54) is 50.1 Å². The Morgan fingerprint density at radius 2 is 0.680 bits per heavy atom. The molecular weight excluding hydrogens is 915 g/mol. The lowest BCUT2D eigenvalue weighted by Crippen LogP contribution is -2.25. The van der Waals surface area contributed by atoms with Gasteiger partial charge < -0.3 is 8.83 Å². The van der Waals surface area contributed by atoms with Gasteiger partial charge >= 0.3 is 0 Å². The zero-order chi connectivity index (χ0) is 49.2. The first-order chi connectivity index (χ1) is 37.1. The second kappa shape index (κ2) is 16.0. The molecule has 16 rings (SSSR count). The largest absolute Gasteiger partial charge is 0.456 e. The third-order valence-corrected chi connectivity index (χ3v) is 15.8. The van der Waals surface area contributed by atoms with E-state index in [0.29, 0.717) is 17.5 Å². The van der Waals surface area contributed by atoms with E-state index in [1.807, 2.05) is 48.5 Å². The van der Waals surface area contributed by atoms with Gasteiger partial charge in [-0.25, -0.2) is 15.0 Å². The van der Waals surface area contributed by atoms with Crippen molar-refractivity contribution in [3.8, 4) is 89.8 Å². The van der Waals surface area contributed by atoms with E-state index in [9.17, 15) is 0 Å². The molecule has 0 amide bonds. The summed E-state index contributed by atoms with van der Waals surface area (Å²) in [5, 5.41) is 3.99. The van der Waals surface area contributed by atoms with Crippen molar-refractivity contribution >= 4 is 43.9 Å². The molecule has 5 nitrogen and oxygen atoms in total. The number of para-hydroxylation sites is 1. The maximum absolute atomic E-state index is 6.64. The molecule has 5 heteroatoms. The molecule has 0 bridgehead atoms. The van der Waals surface area contributed by atoms with Crippen molar-refractivity contribution in [3.05, 3.63) is 271 Å². The second-order valence-electron chi connectivity index (χ2n) is 19.8. The average molecular weight is 956 g/mol. The lowest BCUT2D eigenvalue weighted by Gasteiger charge is -2.30. The Morgan fingerprint density at radius 1 is 0.240 bits per heavy atom. The van der Waals surface area contributed by atoms with Crippen LogP contribution in [0.2, 0.25) is 0 Å². The smallest absolute Gasteiger partial charge is 0.164 e. The first kappa shape index (κ1) is 41.6. The predicted octanol–water partition coefficient (Wildman–Crippen LogP) is 18.0. The Hall–Kier alpha value is -9.97. The zero-order valence-corrected chi connectivity index (χ0v) is 40.3. The number of furan rings is 2. The quantitative estimate of drug-likeness (QED) is 0.166. The number of aromatic nitrogens is 3. The van der Waals surface area contributed by atoms with Crippen molar-refractivity contribution in [1.29, 1.82) is 0 Å². The number of fused-ring (bicyclic) bond motifs is 16. The topological polar surface area (TPSA) is 65.0 Å². The summed E-state index contributed by atoms with van der Waals surface area (Å²) in [7, 11) is 0. The van der Waals surface area contributed by atoms with Crippen LogP contribution in [-0.2, 0) is 5.41 Å². The van der Waals surface area contributed by atoms with E-state index in [1.54, 1.807) is 0 Å². The van der Waals surface area contributed by atoms with Gasteiger partial charge in [-0.15, -0.1) is 0 Å². The minimum Gasteiger partial charge on any atom is -0.456 e. The maximum Gasteiger partial charge on any atom is 0.164 e. The molecule has 348 valence electrons. The fourth-order valence-corrected chi connectivity index (χ4v) is 12.4. The Balaban J connectivity index is 0.816. The van der Waals surface area contributed by atoms with Crippen molar-refractivity contribution in [2.75, 3.05) is 0 Å². The number of benzene rings is 11. The summed E-state index contributed by atoms with van der Waals surface area (Å²) in [5.74, 6) is 1.71. The number of hydrogen-bond donors (Lipinski definition) is 0. The highest BCUT2D eigenvalue weighted by atomic mass is 16.3. The van der Waals surface area contributed by atoms with Crippen LogP contribution >= 0.6 is 0 Å². The van der Waals surface area contributed by atoms with Gasteiger partial charge in [0.2, 0.25) is 0 Å². The molecule has 3 heterocycles. The summed E-state index contributed by atoms with van der Waals surface area (Å²) in [4.78, 5) is 15.7. The summed E-state index contributed by atoms with van der Waals surface area (Å²) in [6, 6.07) is 88.8. The van der Waals surface area contributed by atoms with E-state index >= 15 is 0 Å². The Morgan fingerprint density at radius 3 is 1.43 bits per heavy atom. The molecule has 2 aliphatic rings. The lowest BCUT2D eigenvalue weighted by molar-refractivity contribution is 0.668. The summed E-state index contributed by atoms with van der Waals surface area (Å²) < 4.78 is 12.9. The molecule has 0 aliphatic heterocycles. The van der Waals surface area contributed by atoms with Crippen LogP contribution in [0.3, 0.4) is 0 Å². The Labute approximate surface area is 431 Å². The van der Waals surface area contributed by atoms with Crippen LogP contribution in [0.1, 0.15) is 22.3 Å². The summed E-state index contributed by atoms with van der Waals surface area (Å²) in [5.41, 5.74) is 22.8. The molecule has 0 radical (unpaired) electrons. The lowest BCUT2D eigenvalue weighted by atomic mass is 9.70. The fraction of sp³-hybridized carbons (Fsp3) is 0.0143. The molecule has 0 N–H and O–H groups in total. The highest BCUT2D eigenvalue weighted by Gasteiger charge is 2.51. The van der Waals surface area contributed by atoms with Gasteiger partial charge in [-0.3, -0.25) is 0 Å². The van der Waals surface area contributed by atoms with Crippen LogP contribution in [0, 0.1) is 0 Å². The van der Waals surface area contributed by atoms with Gasteiger partial charge in [0, 0.05) is 38.2 Å². The van der Waals surface area contributed by atoms with Gasteiger partial charge in [0.15, 0.2) is 17.5 Å². The van der Waals surface area contributed by atoms with Gasteiger partial charge in [-0.1, -0.05) is 194 Å². The minimum atomic E-state index is -0.371. The first-order valence-electron chi connectivity index (χ1n) is 25.5. The average Bonchev–Trinajstić information content (AvgIpc) is 4.39. The molecule has 1 spiro atoms. The van der Waals surface area contributed by atoms with Crippen LogP contribution in [0.25, 0.3) is 134 Å². The summed E-state index contributed by atoms with van der Waals surface area (Å²) >= 11 is 0. The SMILES string of the molecule is c1ccc(-c2ccc(-c3nc(-c4ccc5oc6ccccc6c5c4)nc(-c4cccc5oc6ccc(-c7cccc(-c8ccc9c(c8)-c8ccccc8C98c9ccccc9-c9ccccc98)c7)cc6c45)n3)cc2)cc1. The van der Waals surface area contributed by atoms with Crippen LogP contribution in [0.15, 0.2) is 258 Å². The number of rotatable bonds is 6. The van der Waals surface area contributed by atoms with Crippen LogP contribution in [0.5, 0.6) is 0 Å². The molecule has 3 aromatic heterocycles. The van der Waals surface area contributed by atoms with Gasteiger partial charge in [-0.05, 0) is 132 Å². The van der Waals surface area contributed by atoms with Crippen molar-refractivity contribution in [2.24, 2.45) is 0 Å². The maximum atomic E-state index is 6.64. The van der Waals surface area contributed by atoms with E-state index < -0.39 is 0 Å². The fourth-order valence-electron chi connectivity index (χ4n) is 12.4. The summed E-state index contributed by atoms with van der Waals surface area (Å²) in [6.07, 6.45) is 0. The molecule has 14 aromatic rings. The number of nitrogens with zero attached hydrogens (tertiary/aromatic N) is 3. The van der Waals surface area contributed by atoms with Gasteiger partial charge in [0.1, 0.15) is 22.3 Å². The molecule has 11 aromatic carbocycles. The van der Waals surface area contributed by atoms with Gasteiger partial charge in [0.05, 0.1) is 5.41 Å². The third-order valence-electron chi connectivity index (χ3n) is 15.8. The van der Waals surface area contributed by atoms with Crippen LogP contribution < -0.4 is 0 Å².